The molecule has 5 N–H and O–H groups in total. The fourth-order valence-corrected chi connectivity index (χ4v) is 17.1. The zero-order valence-electron chi connectivity index (χ0n) is 74.9. The van der Waals surface area contributed by atoms with Gasteiger partial charge in [0.15, 0.2) is 0 Å². The van der Waals surface area contributed by atoms with Crippen molar-refractivity contribution in [3.63, 3.8) is 0 Å². The lowest BCUT2D eigenvalue weighted by Crippen LogP contribution is -2.52. The number of pyridine rings is 2. The molecule has 1 unspecified atom stereocenters. The molecule has 3 aromatic heterocycles. The molecule has 15 nitrogen and oxygen atoms in total. The van der Waals surface area contributed by atoms with E-state index in [1.54, 1.807) is 80.8 Å². The number of aryl methyl sites for hydroxylation is 1. The molecule has 5 heterocycles. The first-order valence-electron chi connectivity index (χ1n) is 40.2. The number of nitrogens with one attached hydrogen (secondary N) is 1. The maximum atomic E-state index is 14.0. The van der Waals surface area contributed by atoms with Crippen LogP contribution < -0.4 is 5.32 Å². The number of ketones is 1. The number of hydrogen-bond donors (Lipinski definition) is 5. The molecule has 0 bridgehead atoms. The van der Waals surface area contributed by atoms with Gasteiger partial charge in [0, 0.05) is 59.1 Å². The number of rotatable bonds is 20. The average Bonchev–Trinajstić information content (AvgIpc) is 1.52. The highest BCUT2D eigenvalue weighted by Crippen LogP contribution is 2.49. The number of hydrogen-bond acceptors (Lipinski definition) is 19. The van der Waals surface area contributed by atoms with Crippen LogP contribution in [-0.2, 0) is 28.6 Å². The third-order valence-corrected chi connectivity index (χ3v) is 30.2. The second-order valence-corrected chi connectivity index (χ2v) is 46.3. The molecule has 2 fully saturated rings. The van der Waals surface area contributed by atoms with E-state index in [0.717, 1.165) is 63.5 Å². The number of ether oxygens (including phenoxy) is 3. The van der Waals surface area contributed by atoms with Gasteiger partial charge < -0.3 is 40.0 Å². The minimum absolute atomic E-state index is 0.00194. The van der Waals surface area contributed by atoms with E-state index in [4.69, 9.17) is 30.9 Å². The van der Waals surface area contributed by atoms with Crippen LogP contribution in [0.25, 0.3) is 6.08 Å². The van der Waals surface area contributed by atoms with Crippen molar-refractivity contribution >= 4 is 95.3 Å². The van der Waals surface area contributed by atoms with Gasteiger partial charge in [0.05, 0.1) is 65.2 Å². The zero-order chi connectivity index (χ0) is 85.5. The number of fused-ring (bicyclic) bond motifs is 1. The smallest absolute Gasteiger partial charge is 0.404 e. The highest BCUT2D eigenvalue weighted by Gasteiger charge is 2.54. The quantitative estimate of drug-likeness (QED) is 0.0233. The number of aliphatic hydroxyl groups excluding tert-OH is 4. The number of halogens is 1. The summed E-state index contributed by atoms with van der Waals surface area (Å²) in [5, 5.41) is 49.6. The summed E-state index contributed by atoms with van der Waals surface area (Å²) in [6.45, 7) is 74.2. The van der Waals surface area contributed by atoms with E-state index in [0.29, 0.717) is 36.5 Å². The van der Waals surface area contributed by atoms with Crippen molar-refractivity contribution in [1.29, 1.82) is 0 Å². The number of carbonyl (C=O) groups is 4. The number of esters is 1. The van der Waals surface area contributed by atoms with Gasteiger partial charge in [-0.2, -0.15) is 0 Å². The summed E-state index contributed by atoms with van der Waals surface area (Å²) in [5.41, 5.74) is -0.657. The summed E-state index contributed by atoms with van der Waals surface area (Å²) < 4.78 is 17.6. The maximum Gasteiger partial charge on any atom is 0.404 e. The molecular weight excluding hydrogens is 1500 g/mol. The zero-order valence-corrected chi connectivity index (χ0v) is 79.8. The van der Waals surface area contributed by atoms with Crippen LogP contribution in [0.2, 0.25) is 0 Å². The van der Waals surface area contributed by atoms with Gasteiger partial charge in [0.25, 0.3) is 0 Å². The molecule has 2 aliphatic heterocycles. The van der Waals surface area contributed by atoms with Crippen LogP contribution in [0.4, 0.5) is 4.79 Å². The van der Waals surface area contributed by atoms with Crippen LogP contribution >= 0.6 is 66.1 Å². The van der Waals surface area contributed by atoms with Crippen LogP contribution in [0.5, 0.6) is 0 Å². The molecule has 0 saturated carbocycles. The Balaban J connectivity index is 0.000000752. The lowest BCUT2D eigenvalue weighted by Gasteiger charge is -2.45. The first kappa shape index (κ1) is 105. The van der Waals surface area contributed by atoms with Crippen LogP contribution in [0.15, 0.2) is 69.8 Å². The molecule has 1 amide bonds. The molecule has 3 aromatic rings. The summed E-state index contributed by atoms with van der Waals surface area (Å²) in [4.78, 5) is 63.8. The SMILES string of the molecule is C/C(=C\c1csc(C)n1)[C@@H]1CC2O[C@]2(C)CCCC(C)(C)[C@H](C)[C@H](O)[C@@H](C)C(C)(C)C(=O)C(C)(C)[C@@H](O)CC(=O)N1.C[C@H](C(O)[C@@H](C)C(C)(C)C)C(C)(C)C.C[C@H](C(OC(=O)CCCSSc1ccccn1)[C@@H](C)C(C)(C)C)C(C)(C)C.C[C@H](C(OC(=O)Cl)[C@@H](C)C(C)(C)C)C(C)(C)C.OCCSSc1ccccn1. The number of epoxide rings is 1. The largest absolute Gasteiger partial charge is 0.462 e. The summed E-state index contributed by atoms with van der Waals surface area (Å²) in [7, 11) is 6.59. The fraction of sp³-hybridized carbons (Fsp3) is 0.787. The molecule has 0 spiro atoms. The molecule has 110 heavy (non-hydrogen) atoms. The van der Waals surface area contributed by atoms with E-state index in [2.05, 4.69) is 214 Å². The summed E-state index contributed by atoms with van der Waals surface area (Å²) in [5.74, 6) is 2.48. The van der Waals surface area contributed by atoms with E-state index in [1.807, 2.05) is 82.5 Å². The summed E-state index contributed by atoms with van der Waals surface area (Å²) in [6.07, 6.45) is 7.75. The Morgan fingerprint density at radius 2 is 1.10 bits per heavy atom. The van der Waals surface area contributed by atoms with Gasteiger partial charge in [-0.15, -0.1) is 11.3 Å². The Morgan fingerprint density at radius 1 is 0.664 bits per heavy atom. The third kappa shape index (κ3) is 36.0. The van der Waals surface area contributed by atoms with Crippen LogP contribution in [0.1, 0.15) is 291 Å². The van der Waals surface area contributed by atoms with Crippen LogP contribution in [0.3, 0.4) is 0 Å². The lowest BCUT2D eigenvalue weighted by molar-refractivity contribution is -0.160. The van der Waals surface area contributed by atoms with Gasteiger partial charge in [0.2, 0.25) is 5.91 Å². The molecule has 634 valence electrons. The number of thiazole rings is 1. The molecule has 5 rings (SSSR count). The molecule has 2 aliphatic rings. The Kier molecular flexibility index (Phi) is 43.3. The van der Waals surface area contributed by atoms with Gasteiger partial charge in [-0.3, -0.25) is 14.4 Å². The van der Waals surface area contributed by atoms with E-state index in [1.165, 1.54) is 0 Å². The Labute approximate surface area is 694 Å². The van der Waals surface area contributed by atoms with Crippen molar-refractivity contribution in [1.82, 2.24) is 20.3 Å². The molecule has 21 heteroatoms. The van der Waals surface area contributed by atoms with Crippen molar-refractivity contribution < 1.29 is 53.8 Å². The van der Waals surface area contributed by atoms with Crippen molar-refractivity contribution in [2.24, 2.45) is 96.1 Å². The minimum Gasteiger partial charge on any atom is -0.462 e. The van der Waals surface area contributed by atoms with Crippen molar-refractivity contribution in [2.45, 2.75) is 346 Å². The van der Waals surface area contributed by atoms with E-state index >= 15 is 0 Å². The number of aromatic nitrogens is 3. The Bertz CT molecular complexity index is 3160. The minimum atomic E-state index is -1.18. The van der Waals surface area contributed by atoms with Gasteiger partial charge in [-0.1, -0.05) is 255 Å². The topological polar surface area (TPSA) is 231 Å². The number of amides is 1. The number of Topliss-reactive ketones (excluding diaryl/α,β-unsaturated/α-hetero) is 1. The predicted molar refractivity (Wildman–Crippen MR) is 471 cm³/mol. The first-order valence-corrected chi connectivity index (χ1v) is 46.1. The predicted octanol–water partition coefficient (Wildman–Crippen LogP) is 23.6. The highest BCUT2D eigenvalue weighted by molar-refractivity contribution is 8.77. The molecule has 13 atom stereocenters. The fourth-order valence-electron chi connectivity index (χ4n) is 12.8. The number of nitrogens with zero attached hydrogens (tertiary/aromatic N) is 3. The molecule has 2 saturated heterocycles. The third-order valence-electron chi connectivity index (χ3n) is 24.7. The second kappa shape index (κ2) is 45.3. The second-order valence-electron chi connectivity index (χ2n) is 40.0. The van der Waals surface area contributed by atoms with Crippen molar-refractivity contribution in [2.75, 3.05) is 18.1 Å². The maximum absolute atomic E-state index is 14.0. The van der Waals surface area contributed by atoms with Gasteiger partial charge >= 0.3 is 11.4 Å². The lowest BCUT2D eigenvalue weighted by atomic mass is 9.60. The van der Waals surface area contributed by atoms with Crippen LogP contribution in [-0.4, -0.2) is 125 Å². The molecule has 0 aromatic carbocycles. The standard InChI is InChI=1S/C33H54N2O5S.C22H37NO2S2.C14H27ClO2.C13H28O.C7H9NOS2/c1-19(15-23-18-41-22(4)34-23)24-16-26-33(11,40-26)14-12-13-30(5,6)20(2)28(38)21(3)31(7,8)29(39)32(9,10)25(36)17-27(37)35-24;1-16(21(3,4)5)20(17(2)22(6,7)8)25-19(24)13-11-15-26-27-18-12-9-10-14-23-18;1-9(13(3,4)5)11(17-12(15)16)10(2)14(6,7)8;1-9(12(3,4)5)11(14)10(2)13(6,7)8;9-5-6-10-11-7-3-1-2-4-8-7/h15,18,20-21,24-26,28,36,38H,12-14,16-17H2,1-11H3,(H,35,37);9-10,12,14,16-17,20H,11,13,15H2,1-8H3;9-11H,1-8H3;9-11,14H,1-8H3;1-4,9H,5-6H2/b19-15+;;;;/t20-,21-,24+,25+,26?,28+,33-;16-,17-;2*9-,10-;/m1111./s1. The molecule has 0 aliphatic carbocycles. The van der Waals surface area contributed by atoms with Gasteiger partial charge in [-0.05, 0) is 189 Å². The normalized spacial score (nSPS) is 23.4. The van der Waals surface area contributed by atoms with E-state index < -0.39 is 28.5 Å². The average molecular weight is 1650 g/mol. The van der Waals surface area contributed by atoms with Crippen molar-refractivity contribution in [3.8, 4) is 0 Å². The Hall–Kier alpha value is -2.76. The van der Waals surface area contributed by atoms with Crippen LogP contribution in [0, 0.1) is 103 Å². The number of carbonyl (C=O) groups excluding carboxylic acids is 4. The molecular formula is C89H155ClN4O11S5. The first-order chi connectivity index (χ1) is 49.9. The monoisotopic (exact) mass is 1650 g/mol. The van der Waals surface area contributed by atoms with Crippen molar-refractivity contribution in [3.05, 3.63) is 70.4 Å². The van der Waals surface area contributed by atoms with E-state index in [-0.39, 0.29) is 128 Å². The van der Waals surface area contributed by atoms with Gasteiger partial charge in [-0.25, -0.2) is 19.7 Å². The highest BCUT2D eigenvalue weighted by atomic mass is 35.5. The summed E-state index contributed by atoms with van der Waals surface area (Å²) in [6, 6.07) is 11.4. The number of aliphatic hydroxyl groups is 4. The molecule has 0 radical (unpaired) electrons. The Morgan fingerprint density at radius 3 is 1.49 bits per heavy atom. The summed E-state index contributed by atoms with van der Waals surface area (Å²) >= 11 is 6.98. The van der Waals surface area contributed by atoms with Gasteiger partial charge in [0.1, 0.15) is 28.0 Å². The van der Waals surface area contributed by atoms with E-state index in [9.17, 15) is 34.5 Å².